The molecule has 0 amide bonds. The topological polar surface area (TPSA) is 139 Å². The fourth-order valence-electron chi connectivity index (χ4n) is 3.79. The lowest BCUT2D eigenvalue weighted by atomic mass is 9.82. The van der Waals surface area contributed by atoms with E-state index in [0.717, 1.165) is 0 Å². The molecule has 3 heterocycles. The molecule has 9 nitrogen and oxygen atoms in total. The van der Waals surface area contributed by atoms with Crippen molar-refractivity contribution in [1.29, 1.82) is 0 Å². The lowest BCUT2D eigenvalue weighted by Crippen LogP contribution is -2.60. The molecule has 1 aromatic heterocycles. The molecule has 1 saturated heterocycles. The summed E-state index contributed by atoms with van der Waals surface area (Å²) < 4.78 is 22.5. The highest BCUT2D eigenvalue weighted by Gasteiger charge is 2.45. The molecule has 1 unspecified atom stereocenters. The number of hydrogen-bond acceptors (Lipinski definition) is 9. The van der Waals surface area contributed by atoms with Gasteiger partial charge in [-0.05, 0) is 31.2 Å². The van der Waals surface area contributed by atoms with E-state index >= 15 is 0 Å². The number of hydrogen-bond donors (Lipinski definition) is 4. The molecule has 1 aromatic carbocycles. The predicted octanol–water partition coefficient (Wildman–Crippen LogP) is 0.544. The van der Waals surface area contributed by atoms with Crippen molar-refractivity contribution in [2.24, 2.45) is 0 Å². The van der Waals surface area contributed by atoms with Crippen molar-refractivity contribution in [3.63, 3.8) is 0 Å². The van der Waals surface area contributed by atoms with Crippen LogP contribution in [0.1, 0.15) is 26.3 Å². The Morgan fingerprint density at radius 3 is 2.39 bits per heavy atom. The Morgan fingerprint density at radius 2 is 1.74 bits per heavy atom. The van der Waals surface area contributed by atoms with Crippen molar-refractivity contribution in [2.45, 2.75) is 63.0 Å². The van der Waals surface area contributed by atoms with E-state index in [-0.39, 0.29) is 17.5 Å². The average Bonchev–Trinajstić information content (AvgIpc) is 2.97. The largest absolute Gasteiger partial charge is 0.462 e. The van der Waals surface area contributed by atoms with Crippen molar-refractivity contribution >= 4 is 0 Å². The van der Waals surface area contributed by atoms with Gasteiger partial charge in [0, 0.05) is 17.0 Å². The molecule has 31 heavy (non-hydrogen) atoms. The third-order valence-electron chi connectivity index (χ3n) is 6.10. The Labute approximate surface area is 178 Å². The minimum absolute atomic E-state index is 0.160. The van der Waals surface area contributed by atoms with Gasteiger partial charge in [-0.1, -0.05) is 13.8 Å². The number of rotatable bonds is 4. The minimum atomic E-state index is -1.53. The molecule has 0 saturated carbocycles. The predicted molar refractivity (Wildman–Crippen MR) is 108 cm³/mol. The molecule has 0 radical (unpaired) electrons. The first-order chi connectivity index (χ1) is 14.6. The van der Waals surface area contributed by atoms with E-state index in [0.29, 0.717) is 22.6 Å². The summed E-state index contributed by atoms with van der Waals surface area (Å²) in [5.74, 6) is 0.872. The highest BCUT2D eigenvalue weighted by Crippen LogP contribution is 2.42. The van der Waals surface area contributed by atoms with Crippen molar-refractivity contribution in [1.82, 2.24) is 0 Å². The maximum atomic E-state index is 12.7. The van der Waals surface area contributed by atoms with E-state index in [2.05, 4.69) is 0 Å². The first-order valence-corrected chi connectivity index (χ1v) is 10.1. The molecule has 6 atom stereocenters. The number of benzene rings is 1. The van der Waals surface area contributed by atoms with Crippen LogP contribution in [0.25, 0.3) is 11.3 Å². The van der Waals surface area contributed by atoms with E-state index in [1.807, 2.05) is 20.8 Å². The Bertz CT molecular complexity index is 995. The van der Waals surface area contributed by atoms with Crippen LogP contribution in [0.4, 0.5) is 0 Å². The van der Waals surface area contributed by atoms with Crippen molar-refractivity contribution in [3.05, 3.63) is 46.1 Å². The Morgan fingerprint density at radius 1 is 1.06 bits per heavy atom. The molecule has 2 aliphatic heterocycles. The lowest BCUT2D eigenvalue weighted by Gasteiger charge is -2.39. The summed E-state index contributed by atoms with van der Waals surface area (Å²) in [6.07, 6.45) is -7.02. The summed E-state index contributed by atoms with van der Waals surface area (Å²) in [5.41, 5.74) is 0.526. The molecule has 2 aromatic rings. The minimum Gasteiger partial charge on any atom is -0.462 e. The van der Waals surface area contributed by atoms with Crippen LogP contribution in [0.15, 0.2) is 39.5 Å². The normalized spacial score (nSPS) is 31.7. The van der Waals surface area contributed by atoms with Crippen LogP contribution in [-0.4, -0.2) is 63.8 Å². The van der Waals surface area contributed by atoms with Crippen LogP contribution < -0.4 is 14.9 Å². The molecular formula is C22H26O9. The van der Waals surface area contributed by atoms with Gasteiger partial charge in [0.05, 0.1) is 12.2 Å². The second kappa shape index (κ2) is 7.92. The van der Waals surface area contributed by atoms with E-state index in [1.165, 1.54) is 6.07 Å². The molecule has 1 fully saturated rings. The first kappa shape index (κ1) is 21.8. The third kappa shape index (κ3) is 3.72. The molecule has 9 heteroatoms. The maximum Gasteiger partial charge on any atom is 0.293 e. The second-order valence-electron chi connectivity index (χ2n) is 8.46. The van der Waals surface area contributed by atoms with Crippen LogP contribution >= 0.6 is 0 Å². The Hall–Kier alpha value is -2.43. The zero-order chi connectivity index (χ0) is 22.5. The quantitative estimate of drug-likeness (QED) is 0.543. The van der Waals surface area contributed by atoms with Crippen LogP contribution in [0.5, 0.6) is 11.7 Å². The molecule has 4 N–H and O–H groups in total. The third-order valence-corrected chi connectivity index (χ3v) is 6.10. The van der Waals surface area contributed by atoms with Crippen molar-refractivity contribution in [3.8, 4) is 23.0 Å². The fraction of sp³-hybridized carbons (Fsp3) is 0.500. The molecule has 0 aliphatic carbocycles. The first-order valence-electron chi connectivity index (χ1n) is 10.1. The van der Waals surface area contributed by atoms with Crippen LogP contribution in [0.3, 0.4) is 0 Å². The van der Waals surface area contributed by atoms with Crippen molar-refractivity contribution in [2.75, 3.05) is 6.61 Å². The van der Waals surface area contributed by atoms with Gasteiger partial charge >= 0.3 is 0 Å². The monoisotopic (exact) mass is 434 g/mol. The van der Waals surface area contributed by atoms with Gasteiger partial charge in [-0.25, -0.2) is 0 Å². The molecule has 0 bridgehead atoms. The van der Waals surface area contributed by atoms with Gasteiger partial charge in [0.25, 0.3) is 5.95 Å². The molecule has 0 spiro atoms. The van der Waals surface area contributed by atoms with Gasteiger partial charge in [-0.15, -0.1) is 0 Å². The SMILES string of the molecule is CC1Oc2oc(-c3ccc(O[C@@H]4O[C@H](CO)[C@@H](O)[C@H](O)[C@H]4O)cc3)cc(=O)c2C1(C)C. The summed E-state index contributed by atoms with van der Waals surface area (Å²) in [6, 6.07) is 7.91. The number of ether oxygens (including phenoxy) is 3. The van der Waals surface area contributed by atoms with Gasteiger partial charge in [0.1, 0.15) is 42.0 Å². The summed E-state index contributed by atoms with van der Waals surface area (Å²) >= 11 is 0. The molecular weight excluding hydrogens is 408 g/mol. The zero-order valence-corrected chi connectivity index (χ0v) is 17.4. The Balaban J connectivity index is 1.54. The number of aliphatic hydroxyl groups is 4. The van der Waals surface area contributed by atoms with E-state index in [9.17, 15) is 25.2 Å². The van der Waals surface area contributed by atoms with Gasteiger partial charge in [0.2, 0.25) is 6.29 Å². The van der Waals surface area contributed by atoms with E-state index < -0.39 is 42.7 Å². The average molecular weight is 434 g/mol. The van der Waals surface area contributed by atoms with Crippen LogP contribution in [-0.2, 0) is 10.2 Å². The summed E-state index contributed by atoms with van der Waals surface area (Å²) in [6.45, 7) is 5.22. The fourth-order valence-corrected chi connectivity index (χ4v) is 3.79. The smallest absolute Gasteiger partial charge is 0.293 e. The van der Waals surface area contributed by atoms with Gasteiger partial charge in [-0.2, -0.15) is 0 Å². The summed E-state index contributed by atoms with van der Waals surface area (Å²) in [5, 5.41) is 39.1. The lowest BCUT2D eigenvalue weighted by molar-refractivity contribution is -0.277. The standard InChI is InChI=1S/C22H26O9/c1-10-22(2,3)16-13(24)8-14(30-20(16)28-10)11-4-6-12(7-5-11)29-21-19(27)18(26)17(25)15(9-23)31-21/h4-8,10,15,17-19,21,23,25-27H,9H2,1-3H3/t10?,15-,17-,18+,19-,21-/m1/s1. The van der Waals surface area contributed by atoms with Gasteiger partial charge in [-0.3, -0.25) is 4.79 Å². The highest BCUT2D eigenvalue weighted by atomic mass is 16.7. The summed E-state index contributed by atoms with van der Waals surface area (Å²) in [4.78, 5) is 12.7. The van der Waals surface area contributed by atoms with Gasteiger partial charge < -0.3 is 39.1 Å². The van der Waals surface area contributed by atoms with E-state index in [4.69, 9.17) is 18.6 Å². The van der Waals surface area contributed by atoms with E-state index in [1.54, 1.807) is 24.3 Å². The zero-order valence-electron chi connectivity index (χ0n) is 17.4. The van der Waals surface area contributed by atoms with Crippen molar-refractivity contribution < 1.29 is 39.1 Å². The molecule has 4 rings (SSSR count). The Kier molecular flexibility index (Phi) is 5.57. The number of aliphatic hydroxyl groups excluding tert-OH is 4. The van der Waals surface area contributed by atoms with Crippen LogP contribution in [0, 0.1) is 0 Å². The summed E-state index contributed by atoms with van der Waals surface area (Å²) in [7, 11) is 0. The molecule has 168 valence electrons. The number of fused-ring (bicyclic) bond motifs is 1. The maximum absolute atomic E-state index is 12.7. The second-order valence-corrected chi connectivity index (χ2v) is 8.46. The molecule has 2 aliphatic rings. The van der Waals surface area contributed by atoms with Gasteiger partial charge in [0.15, 0.2) is 5.43 Å². The highest BCUT2D eigenvalue weighted by molar-refractivity contribution is 5.59. The van der Waals surface area contributed by atoms with Crippen LogP contribution in [0.2, 0.25) is 0 Å².